The van der Waals surface area contributed by atoms with Gasteiger partial charge in [-0.05, 0) is 73.4 Å². The van der Waals surface area contributed by atoms with E-state index in [4.69, 9.17) is 19.6 Å². The summed E-state index contributed by atoms with van der Waals surface area (Å²) >= 11 is 1.42. The van der Waals surface area contributed by atoms with Crippen molar-refractivity contribution in [3.05, 3.63) is 71.8 Å². The van der Waals surface area contributed by atoms with Gasteiger partial charge in [-0.25, -0.2) is 0 Å². The SMILES string of the molecule is C=CCc1ccccc1OCCOc1ccc(/C=C2\C(=N)N3N=C(C4CCCCC4)SC3=NC2=O)cc1OCC. The van der Waals surface area contributed by atoms with Gasteiger partial charge in [0, 0.05) is 5.92 Å². The van der Waals surface area contributed by atoms with Gasteiger partial charge in [0.1, 0.15) is 24.0 Å². The number of hydrogen-bond acceptors (Lipinski definition) is 7. The molecule has 0 radical (unpaired) electrons. The lowest BCUT2D eigenvalue weighted by atomic mass is 9.90. The Kier molecular flexibility index (Phi) is 9.01. The number of amidine groups is 2. The van der Waals surface area contributed by atoms with Gasteiger partial charge in [-0.3, -0.25) is 10.2 Å². The smallest absolute Gasteiger partial charge is 0.283 e. The number of rotatable bonds is 11. The van der Waals surface area contributed by atoms with Crippen LogP contribution in [0.15, 0.2) is 70.8 Å². The Labute approximate surface area is 239 Å². The van der Waals surface area contributed by atoms with Crippen LogP contribution in [0, 0.1) is 11.3 Å². The molecule has 2 aliphatic heterocycles. The second-order valence-corrected chi connectivity index (χ2v) is 10.7. The van der Waals surface area contributed by atoms with E-state index in [1.807, 2.05) is 43.3 Å². The Morgan fingerprint density at radius 1 is 1.05 bits per heavy atom. The minimum atomic E-state index is -0.434. The van der Waals surface area contributed by atoms with E-state index in [0.29, 0.717) is 48.0 Å². The number of thioether (sulfide) groups is 1. The Balaban J connectivity index is 1.27. The average molecular weight is 559 g/mol. The molecular weight excluding hydrogens is 524 g/mol. The van der Waals surface area contributed by atoms with E-state index in [1.165, 1.54) is 36.0 Å². The number of carbonyl (C=O) groups is 1. The van der Waals surface area contributed by atoms with E-state index >= 15 is 0 Å². The number of benzene rings is 2. The van der Waals surface area contributed by atoms with Crippen LogP contribution in [0.25, 0.3) is 6.08 Å². The molecule has 9 heteroatoms. The van der Waals surface area contributed by atoms with Gasteiger partial charge in [0.15, 0.2) is 17.3 Å². The predicted molar refractivity (Wildman–Crippen MR) is 161 cm³/mol. The number of nitrogens with one attached hydrogen (secondary N) is 1. The monoisotopic (exact) mass is 558 g/mol. The van der Waals surface area contributed by atoms with Crippen molar-refractivity contribution in [2.45, 2.75) is 45.4 Å². The highest BCUT2D eigenvalue weighted by atomic mass is 32.2. The van der Waals surface area contributed by atoms with E-state index in [2.05, 4.69) is 16.7 Å². The van der Waals surface area contributed by atoms with Crippen molar-refractivity contribution in [1.29, 1.82) is 5.41 Å². The van der Waals surface area contributed by atoms with Crippen LogP contribution in [-0.4, -0.2) is 46.8 Å². The van der Waals surface area contributed by atoms with Crippen LogP contribution in [0.3, 0.4) is 0 Å². The summed E-state index contributed by atoms with van der Waals surface area (Å²) in [5.41, 5.74) is 1.98. The van der Waals surface area contributed by atoms with Crippen molar-refractivity contribution in [2.75, 3.05) is 19.8 Å². The number of amides is 1. The molecule has 40 heavy (non-hydrogen) atoms. The first-order valence-electron chi connectivity index (χ1n) is 13.8. The molecule has 1 N–H and O–H groups in total. The molecule has 0 bridgehead atoms. The summed E-state index contributed by atoms with van der Waals surface area (Å²) in [7, 11) is 0. The molecule has 2 aromatic carbocycles. The zero-order valence-electron chi connectivity index (χ0n) is 22.7. The van der Waals surface area contributed by atoms with E-state index in [1.54, 1.807) is 18.2 Å². The van der Waals surface area contributed by atoms with Crippen molar-refractivity contribution in [3.63, 3.8) is 0 Å². The number of carbonyl (C=O) groups excluding carboxylic acids is 1. The molecule has 5 rings (SSSR count). The lowest BCUT2D eigenvalue weighted by Gasteiger charge is -2.20. The van der Waals surface area contributed by atoms with Crippen LogP contribution >= 0.6 is 11.8 Å². The van der Waals surface area contributed by atoms with E-state index in [0.717, 1.165) is 35.6 Å². The second-order valence-electron chi connectivity index (χ2n) is 9.73. The maximum atomic E-state index is 12.9. The summed E-state index contributed by atoms with van der Waals surface area (Å²) in [4.78, 5) is 17.2. The Morgan fingerprint density at radius 2 is 1.82 bits per heavy atom. The highest BCUT2D eigenvalue weighted by Gasteiger charge is 2.38. The lowest BCUT2D eigenvalue weighted by Crippen LogP contribution is -2.35. The third kappa shape index (κ3) is 6.31. The predicted octanol–water partition coefficient (Wildman–Crippen LogP) is 6.47. The van der Waals surface area contributed by atoms with Gasteiger partial charge in [0.25, 0.3) is 5.91 Å². The summed E-state index contributed by atoms with van der Waals surface area (Å²) in [5, 5.41) is 16.3. The first-order chi connectivity index (χ1) is 19.6. The van der Waals surface area contributed by atoms with Gasteiger partial charge in [-0.2, -0.15) is 15.1 Å². The average Bonchev–Trinajstić information content (AvgIpc) is 3.40. The van der Waals surface area contributed by atoms with E-state index in [-0.39, 0.29) is 11.4 Å². The van der Waals surface area contributed by atoms with Gasteiger partial charge >= 0.3 is 0 Å². The summed E-state index contributed by atoms with van der Waals surface area (Å²) in [6.07, 6.45) is 10.1. The first kappa shape index (κ1) is 27.7. The van der Waals surface area contributed by atoms with Gasteiger partial charge in [0.05, 0.1) is 12.2 Å². The summed E-state index contributed by atoms with van der Waals surface area (Å²) < 4.78 is 17.7. The van der Waals surface area contributed by atoms with Crippen LogP contribution in [-0.2, 0) is 11.2 Å². The molecule has 8 nitrogen and oxygen atoms in total. The molecule has 2 aromatic rings. The molecule has 1 amide bonds. The number of nitrogens with zero attached hydrogens (tertiary/aromatic N) is 3. The van der Waals surface area contributed by atoms with E-state index in [9.17, 15) is 4.79 Å². The normalized spacial score (nSPS) is 18.3. The van der Waals surface area contributed by atoms with E-state index < -0.39 is 5.91 Å². The third-order valence-electron chi connectivity index (χ3n) is 6.94. The highest BCUT2D eigenvalue weighted by molar-refractivity contribution is 8.27. The van der Waals surface area contributed by atoms with Crippen LogP contribution in [0.1, 0.15) is 50.2 Å². The van der Waals surface area contributed by atoms with Crippen LogP contribution in [0.4, 0.5) is 0 Å². The lowest BCUT2D eigenvalue weighted by molar-refractivity contribution is -0.114. The fraction of sp³-hybridized carbons (Fsp3) is 0.355. The largest absolute Gasteiger partial charge is 0.490 e. The minimum absolute atomic E-state index is 0.0421. The number of hydrogen-bond donors (Lipinski definition) is 1. The van der Waals surface area contributed by atoms with Crippen LogP contribution < -0.4 is 14.2 Å². The Hall–Kier alpha value is -3.85. The van der Waals surface area contributed by atoms with Crippen LogP contribution in [0.2, 0.25) is 0 Å². The molecule has 2 heterocycles. The summed E-state index contributed by atoms with van der Waals surface area (Å²) in [6, 6.07) is 13.3. The quantitative estimate of drug-likeness (QED) is 0.193. The molecule has 208 valence electrons. The van der Waals surface area contributed by atoms with Gasteiger partial charge in [0.2, 0.25) is 5.17 Å². The number of ether oxygens (including phenoxy) is 3. The molecule has 0 unspecified atom stereocenters. The van der Waals surface area contributed by atoms with Gasteiger partial charge < -0.3 is 14.2 Å². The fourth-order valence-electron chi connectivity index (χ4n) is 4.96. The summed E-state index contributed by atoms with van der Waals surface area (Å²) in [6.45, 7) is 6.86. The van der Waals surface area contributed by atoms with Crippen molar-refractivity contribution in [2.24, 2.45) is 16.0 Å². The molecule has 3 aliphatic rings. The Morgan fingerprint density at radius 3 is 2.60 bits per heavy atom. The van der Waals surface area contributed by atoms with Crippen molar-refractivity contribution >= 4 is 39.8 Å². The number of allylic oxidation sites excluding steroid dienone is 1. The minimum Gasteiger partial charge on any atom is -0.490 e. The molecule has 1 aliphatic carbocycles. The first-order valence-corrected chi connectivity index (χ1v) is 14.6. The van der Waals surface area contributed by atoms with Crippen LogP contribution in [0.5, 0.6) is 17.2 Å². The highest BCUT2D eigenvalue weighted by Crippen LogP contribution is 2.37. The van der Waals surface area contributed by atoms with Crippen molar-refractivity contribution in [3.8, 4) is 17.2 Å². The molecular formula is C31H34N4O4S. The number of para-hydroxylation sites is 1. The zero-order valence-corrected chi connectivity index (χ0v) is 23.5. The van der Waals surface area contributed by atoms with Gasteiger partial charge in [-0.15, -0.1) is 6.58 Å². The maximum Gasteiger partial charge on any atom is 0.283 e. The number of aliphatic imine (C=N–C) groups is 1. The Bertz CT molecular complexity index is 1380. The summed E-state index contributed by atoms with van der Waals surface area (Å²) in [5.74, 6) is 1.94. The maximum absolute atomic E-state index is 12.9. The van der Waals surface area contributed by atoms with Gasteiger partial charge in [-0.1, -0.05) is 49.6 Å². The number of hydrazone groups is 1. The molecule has 0 atom stereocenters. The molecule has 0 spiro atoms. The molecule has 0 saturated heterocycles. The second kappa shape index (κ2) is 13.0. The van der Waals surface area contributed by atoms with Crippen molar-refractivity contribution < 1.29 is 19.0 Å². The third-order valence-corrected chi connectivity index (χ3v) is 8.01. The zero-order chi connectivity index (χ0) is 27.9. The molecule has 0 aromatic heterocycles. The standard InChI is InChI=1S/C31H34N4O4S/c1-3-10-22-11-8-9-14-25(22)38-17-18-39-26-16-15-21(20-27(26)37-4-2)19-24-28(32)35-31(33-29(24)36)40-30(34-35)23-12-6-5-7-13-23/h3,8-9,11,14-16,19-20,23,32H,1,4-7,10,12-13,17-18H2,2H3/b24-19+,32-28?. The molecule has 1 fully saturated rings. The number of fused-ring (bicyclic) bond motifs is 1. The van der Waals surface area contributed by atoms with Crippen molar-refractivity contribution in [1.82, 2.24) is 5.01 Å². The fourth-order valence-corrected chi connectivity index (χ4v) is 6.02. The topological polar surface area (TPSA) is 96.6 Å². The molecule has 1 saturated carbocycles.